The van der Waals surface area contributed by atoms with Crippen molar-refractivity contribution < 1.29 is 9.59 Å². The monoisotopic (exact) mass is 433 g/mol. The highest BCUT2D eigenvalue weighted by Gasteiger charge is 2.32. The molecule has 0 bridgehead atoms. The second-order valence-corrected chi connectivity index (χ2v) is 8.09. The molecule has 5 nitrogen and oxygen atoms in total. The molecule has 6 heteroatoms. The van der Waals surface area contributed by atoms with E-state index in [1.54, 1.807) is 17.3 Å². The maximum absolute atomic E-state index is 12.9. The molecule has 3 aromatic rings. The molecule has 1 aromatic heterocycles. The Kier molecular flexibility index (Phi) is 6.63. The minimum atomic E-state index is -0.488. The number of pyridine rings is 1. The summed E-state index contributed by atoms with van der Waals surface area (Å²) >= 11 is 5.93. The first-order valence-electron chi connectivity index (χ1n) is 10.4. The lowest BCUT2D eigenvalue weighted by atomic mass is 9.98. The average Bonchev–Trinajstić information content (AvgIpc) is 2.81. The van der Waals surface area contributed by atoms with Crippen LogP contribution in [0.1, 0.15) is 17.5 Å². The number of carbonyl (C=O) groups is 2. The van der Waals surface area contributed by atoms with Crippen molar-refractivity contribution in [1.29, 1.82) is 0 Å². The van der Waals surface area contributed by atoms with E-state index in [1.807, 2.05) is 60.7 Å². The number of hydrogen-bond donors (Lipinski definition) is 1. The summed E-state index contributed by atoms with van der Waals surface area (Å²) in [5.41, 5.74) is 4.27. The number of nitrogens with zero attached hydrogens (tertiary/aromatic N) is 2. The zero-order chi connectivity index (χ0) is 21.6. The molecule has 1 fully saturated rings. The highest BCUT2D eigenvalue weighted by atomic mass is 35.5. The van der Waals surface area contributed by atoms with Gasteiger partial charge in [-0.3, -0.25) is 14.6 Å². The topological polar surface area (TPSA) is 62.3 Å². The van der Waals surface area contributed by atoms with Crippen LogP contribution in [0.25, 0.3) is 11.1 Å². The summed E-state index contributed by atoms with van der Waals surface area (Å²) in [4.78, 5) is 31.3. The van der Waals surface area contributed by atoms with Gasteiger partial charge in [-0.2, -0.15) is 0 Å². The molecule has 0 spiro atoms. The molecular formula is C25H24ClN3O2. The lowest BCUT2D eigenvalue weighted by molar-refractivity contribution is -0.143. The molecular weight excluding hydrogens is 410 g/mol. The van der Waals surface area contributed by atoms with Crippen molar-refractivity contribution in [3.63, 3.8) is 0 Å². The summed E-state index contributed by atoms with van der Waals surface area (Å²) in [5, 5.41) is 3.58. The molecule has 0 saturated carbocycles. The quantitative estimate of drug-likeness (QED) is 0.641. The van der Waals surface area contributed by atoms with Gasteiger partial charge in [-0.1, -0.05) is 48.0 Å². The van der Waals surface area contributed by atoms with Crippen LogP contribution in [-0.2, 0) is 22.4 Å². The first-order chi connectivity index (χ1) is 15.1. The molecule has 1 aliphatic heterocycles. The van der Waals surface area contributed by atoms with Gasteiger partial charge >= 0.3 is 0 Å². The van der Waals surface area contributed by atoms with E-state index in [4.69, 9.17) is 11.6 Å². The maximum Gasteiger partial charge on any atom is 0.243 e. The van der Waals surface area contributed by atoms with Gasteiger partial charge in [0.1, 0.15) is 6.04 Å². The van der Waals surface area contributed by atoms with Crippen LogP contribution < -0.4 is 5.32 Å². The zero-order valence-electron chi connectivity index (χ0n) is 17.1. The summed E-state index contributed by atoms with van der Waals surface area (Å²) < 4.78 is 0. The summed E-state index contributed by atoms with van der Waals surface area (Å²) in [6.45, 7) is 1.02. The zero-order valence-corrected chi connectivity index (χ0v) is 17.9. The van der Waals surface area contributed by atoms with Gasteiger partial charge in [0.2, 0.25) is 11.8 Å². The number of aromatic nitrogens is 1. The van der Waals surface area contributed by atoms with E-state index in [0.717, 1.165) is 22.3 Å². The van der Waals surface area contributed by atoms with Gasteiger partial charge in [0.15, 0.2) is 0 Å². The van der Waals surface area contributed by atoms with Crippen molar-refractivity contribution >= 4 is 23.4 Å². The van der Waals surface area contributed by atoms with E-state index in [-0.39, 0.29) is 11.8 Å². The van der Waals surface area contributed by atoms with Crippen LogP contribution in [-0.4, -0.2) is 40.8 Å². The number of carbonyl (C=O) groups excluding carboxylic acids is 2. The van der Waals surface area contributed by atoms with Crippen LogP contribution in [0.5, 0.6) is 0 Å². The van der Waals surface area contributed by atoms with Gasteiger partial charge in [-0.15, -0.1) is 0 Å². The van der Waals surface area contributed by atoms with Crippen molar-refractivity contribution in [2.45, 2.75) is 25.3 Å². The predicted octanol–water partition coefficient (Wildman–Crippen LogP) is 3.90. The molecule has 1 unspecified atom stereocenters. The number of amides is 2. The molecule has 2 aromatic carbocycles. The lowest BCUT2D eigenvalue weighted by Crippen LogP contribution is -2.58. The van der Waals surface area contributed by atoms with Crippen LogP contribution in [0.2, 0.25) is 5.02 Å². The Morgan fingerprint density at radius 2 is 1.61 bits per heavy atom. The van der Waals surface area contributed by atoms with Crippen molar-refractivity contribution in [3.8, 4) is 11.1 Å². The first-order valence-corrected chi connectivity index (χ1v) is 10.8. The largest absolute Gasteiger partial charge is 0.353 e. The first kappa shape index (κ1) is 21.1. The van der Waals surface area contributed by atoms with E-state index < -0.39 is 6.04 Å². The SMILES string of the molecule is O=C1NCCN(C(=O)CCc2ccc(Cl)cc2)C1Cc1ccc(-c2ccncc2)cc1. The van der Waals surface area contributed by atoms with Crippen molar-refractivity contribution in [2.75, 3.05) is 13.1 Å². The summed E-state index contributed by atoms with van der Waals surface area (Å²) in [5.74, 6) is -0.0903. The van der Waals surface area contributed by atoms with Gasteiger partial charge in [-0.25, -0.2) is 0 Å². The Balaban J connectivity index is 1.43. The minimum absolute atomic E-state index is 0.00297. The fraction of sp³-hybridized carbons (Fsp3) is 0.240. The molecule has 2 heterocycles. The second-order valence-electron chi connectivity index (χ2n) is 7.66. The van der Waals surface area contributed by atoms with Crippen LogP contribution in [0, 0.1) is 0 Å². The van der Waals surface area contributed by atoms with E-state index in [9.17, 15) is 9.59 Å². The predicted molar refractivity (Wildman–Crippen MR) is 122 cm³/mol. The number of hydrogen-bond acceptors (Lipinski definition) is 3. The van der Waals surface area contributed by atoms with Gasteiger partial charge in [0.25, 0.3) is 0 Å². The van der Waals surface area contributed by atoms with Crippen LogP contribution >= 0.6 is 11.6 Å². The third-order valence-electron chi connectivity index (χ3n) is 5.59. The number of benzene rings is 2. The average molecular weight is 434 g/mol. The molecule has 0 radical (unpaired) electrons. The third kappa shape index (κ3) is 5.30. The number of rotatable bonds is 6. The van der Waals surface area contributed by atoms with Gasteiger partial charge < -0.3 is 10.2 Å². The lowest BCUT2D eigenvalue weighted by Gasteiger charge is -2.35. The molecule has 0 aliphatic carbocycles. The van der Waals surface area contributed by atoms with E-state index >= 15 is 0 Å². The van der Waals surface area contributed by atoms with Crippen LogP contribution in [0.4, 0.5) is 0 Å². The Labute approximate surface area is 187 Å². The highest BCUT2D eigenvalue weighted by molar-refractivity contribution is 6.30. The van der Waals surface area contributed by atoms with E-state index in [0.29, 0.717) is 37.4 Å². The fourth-order valence-corrected chi connectivity index (χ4v) is 3.99. The highest BCUT2D eigenvalue weighted by Crippen LogP contribution is 2.21. The van der Waals surface area contributed by atoms with Gasteiger partial charge in [0.05, 0.1) is 0 Å². The molecule has 1 aliphatic rings. The third-order valence-corrected chi connectivity index (χ3v) is 5.84. The maximum atomic E-state index is 12.9. The summed E-state index contributed by atoms with van der Waals surface area (Å²) in [6.07, 6.45) is 5.02. The summed E-state index contributed by atoms with van der Waals surface area (Å²) in [6, 6.07) is 19.1. The smallest absolute Gasteiger partial charge is 0.243 e. The molecule has 1 N–H and O–H groups in total. The second kappa shape index (κ2) is 9.75. The number of piperazine rings is 1. The number of nitrogens with one attached hydrogen (secondary N) is 1. The summed E-state index contributed by atoms with van der Waals surface area (Å²) in [7, 11) is 0. The molecule has 1 atom stereocenters. The van der Waals surface area contributed by atoms with Crippen molar-refractivity contribution in [2.24, 2.45) is 0 Å². The molecule has 2 amide bonds. The van der Waals surface area contributed by atoms with Crippen molar-refractivity contribution in [1.82, 2.24) is 15.2 Å². The van der Waals surface area contributed by atoms with Crippen molar-refractivity contribution in [3.05, 3.63) is 89.2 Å². The Hall–Kier alpha value is -3.18. The Morgan fingerprint density at radius 3 is 2.32 bits per heavy atom. The van der Waals surface area contributed by atoms with Gasteiger partial charge in [0, 0.05) is 43.3 Å². The molecule has 1 saturated heterocycles. The Bertz CT molecular complexity index is 1040. The van der Waals surface area contributed by atoms with Crippen LogP contribution in [0.3, 0.4) is 0 Å². The molecule has 31 heavy (non-hydrogen) atoms. The number of aryl methyl sites for hydroxylation is 1. The van der Waals surface area contributed by atoms with E-state index in [1.165, 1.54) is 0 Å². The molecule has 4 rings (SSSR count). The fourth-order valence-electron chi connectivity index (χ4n) is 3.86. The normalized spacial score (nSPS) is 16.1. The minimum Gasteiger partial charge on any atom is -0.353 e. The Morgan fingerprint density at radius 1 is 0.968 bits per heavy atom. The van der Waals surface area contributed by atoms with Gasteiger partial charge in [-0.05, 0) is 52.9 Å². The molecule has 158 valence electrons. The van der Waals surface area contributed by atoms with E-state index in [2.05, 4.69) is 10.3 Å². The number of halogens is 1. The van der Waals surface area contributed by atoms with Crippen LogP contribution in [0.15, 0.2) is 73.1 Å². The standard InChI is InChI=1S/C25H24ClN3O2/c26-22-8-3-18(4-9-22)5-10-24(30)29-16-15-28-25(31)23(29)17-19-1-6-20(7-2-19)21-11-13-27-14-12-21/h1-4,6-9,11-14,23H,5,10,15-17H2,(H,28,31).